The molecule has 0 heterocycles. The molecule has 0 aromatic heterocycles. The predicted octanol–water partition coefficient (Wildman–Crippen LogP) is 0.302. The van der Waals surface area contributed by atoms with E-state index in [1.54, 1.807) is 0 Å². The SMILES string of the molecule is C#CCCCNCC(C)(O)CN(C)C. The van der Waals surface area contributed by atoms with Crippen molar-refractivity contribution in [2.45, 2.75) is 25.4 Å². The molecule has 0 aliphatic rings. The average Bonchev–Trinajstić information content (AvgIpc) is 2.01. The summed E-state index contributed by atoms with van der Waals surface area (Å²) in [7, 11) is 3.90. The summed E-state index contributed by atoms with van der Waals surface area (Å²) in [6.07, 6.45) is 6.89. The Hall–Kier alpha value is -0.560. The average molecular weight is 198 g/mol. The van der Waals surface area contributed by atoms with Crippen molar-refractivity contribution in [1.82, 2.24) is 10.2 Å². The fraction of sp³-hybridized carbons (Fsp3) is 0.818. The second-order valence-corrected chi connectivity index (χ2v) is 4.22. The number of unbranched alkanes of at least 4 members (excludes halogenated alkanes) is 1. The lowest BCUT2D eigenvalue weighted by atomic mass is 10.1. The van der Waals surface area contributed by atoms with Crippen LogP contribution in [0.15, 0.2) is 0 Å². The summed E-state index contributed by atoms with van der Waals surface area (Å²) in [6.45, 7) is 3.97. The van der Waals surface area contributed by atoms with Crippen LogP contribution in [-0.2, 0) is 0 Å². The third-order valence-electron chi connectivity index (χ3n) is 1.84. The van der Waals surface area contributed by atoms with Crippen LogP contribution in [0.5, 0.6) is 0 Å². The van der Waals surface area contributed by atoms with Crippen LogP contribution in [0.1, 0.15) is 19.8 Å². The van der Waals surface area contributed by atoms with Gasteiger partial charge in [0, 0.05) is 19.5 Å². The van der Waals surface area contributed by atoms with Crippen molar-refractivity contribution in [2.75, 3.05) is 33.7 Å². The number of likely N-dealkylation sites (N-methyl/N-ethyl adjacent to an activating group) is 1. The molecule has 0 fully saturated rings. The quantitative estimate of drug-likeness (QED) is 0.456. The van der Waals surface area contributed by atoms with Gasteiger partial charge in [0.1, 0.15) is 0 Å². The molecule has 0 bridgehead atoms. The van der Waals surface area contributed by atoms with Crippen molar-refractivity contribution in [2.24, 2.45) is 0 Å². The van der Waals surface area contributed by atoms with Gasteiger partial charge in [-0.1, -0.05) is 0 Å². The lowest BCUT2D eigenvalue weighted by molar-refractivity contribution is 0.0340. The van der Waals surface area contributed by atoms with Gasteiger partial charge in [-0.25, -0.2) is 0 Å². The Morgan fingerprint density at radius 2 is 2.14 bits per heavy atom. The van der Waals surface area contributed by atoms with Crippen molar-refractivity contribution >= 4 is 0 Å². The van der Waals surface area contributed by atoms with Crippen LogP contribution in [-0.4, -0.2) is 49.3 Å². The Kier molecular flexibility index (Phi) is 6.56. The van der Waals surface area contributed by atoms with Gasteiger partial charge in [0.2, 0.25) is 0 Å². The van der Waals surface area contributed by atoms with Crippen LogP contribution in [0, 0.1) is 12.3 Å². The summed E-state index contributed by atoms with van der Waals surface area (Å²) in [5, 5.41) is 13.1. The molecule has 0 amide bonds. The van der Waals surface area contributed by atoms with E-state index in [1.807, 2.05) is 25.9 Å². The van der Waals surface area contributed by atoms with Gasteiger partial charge in [-0.15, -0.1) is 12.3 Å². The Labute approximate surface area is 87.5 Å². The lowest BCUT2D eigenvalue weighted by Crippen LogP contribution is -2.45. The van der Waals surface area contributed by atoms with Crippen molar-refractivity contribution in [3.63, 3.8) is 0 Å². The number of aliphatic hydroxyl groups is 1. The molecule has 0 spiro atoms. The van der Waals surface area contributed by atoms with E-state index >= 15 is 0 Å². The first-order chi connectivity index (χ1) is 6.48. The van der Waals surface area contributed by atoms with E-state index in [0.29, 0.717) is 13.1 Å². The Balaban J connectivity index is 3.51. The first-order valence-electron chi connectivity index (χ1n) is 4.99. The molecule has 2 N–H and O–H groups in total. The van der Waals surface area contributed by atoms with Crippen molar-refractivity contribution in [3.8, 4) is 12.3 Å². The van der Waals surface area contributed by atoms with Gasteiger partial charge in [0.05, 0.1) is 5.60 Å². The third-order valence-corrected chi connectivity index (χ3v) is 1.84. The maximum Gasteiger partial charge on any atom is 0.0869 e. The standard InChI is InChI=1S/C11H22N2O/c1-5-6-7-8-12-9-11(2,14)10-13(3)4/h1,12,14H,6-10H2,2-4H3. The number of rotatable bonds is 7. The molecule has 82 valence electrons. The van der Waals surface area contributed by atoms with E-state index in [4.69, 9.17) is 6.42 Å². The Morgan fingerprint density at radius 1 is 1.50 bits per heavy atom. The highest BCUT2D eigenvalue weighted by molar-refractivity contribution is 4.84. The van der Waals surface area contributed by atoms with Gasteiger partial charge >= 0.3 is 0 Å². The molecule has 3 heteroatoms. The van der Waals surface area contributed by atoms with Gasteiger partial charge in [0.15, 0.2) is 0 Å². The minimum atomic E-state index is -0.667. The number of hydrogen-bond acceptors (Lipinski definition) is 3. The van der Waals surface area contributed by atoms with E-state index in [2.05, 4.69) is 11.2 Å². The Morgan fingerprint density at radius 3 is 2.64 bits per heavy atom. The molecule has 0 rings (SSSR count). The summed E-state index contributed by atoms with van der Waals surface area (Å²) in [4.78, 5) is 1.98. The highest BCUT2D eigenvalue weighted by atomic mass is 16.3. The van der Waals surface area contributed by atoms with Gasteiger partial charge in [-0.2, -0.15) is 0 Å². The fourth-order valence-electron chi connectivity index (χ4n) is 1.41. The van der Waals surface area contributed by atoms with Gasteiger partial charge in [-0.3, -0.25) is 0 Å². The molecule has 3 nitrogen and oxygen atoms in total. The second-order valence-electron chi connectivity index (χ2n) is 4.22. The highest BCUT2D eigenvalue weighted by Crippen LogP contribution is 2.02. The molecule has 0 saturated heterocycles. The van der Waals surface area contributed by atoms with Crippen molar-refractivity contribution in [3.05, 3.63) is 0 Å². The van der Waals surface area contributed by atoms with Crippen LogP contribution < -0.4 is 5.32 Å². The minimum absolute atomic E-state index is 0.607. The van der Waals surface area contributed by atoms with Crippen LogP contribution >= 0.6 is 0 Å². The van der Waals surface area contributed by atoms with Crippen LogP contribution in [0.25, 0.3) is 0 Å². The molecule has 14 heavy (non-hydrogen) atoms. The predicted molar refractivity (Wildman–Crippen MR) is 60.1 cm³/mol. The zero-order chi connectivity index (χ0) is 11.0. The number of nitrogens with zero attached hydrogens (tertiary/aromatic N) is 1. The van der Waals surface area contributed by atoms with E-state index < -0.39 is 5.60 Å². The van der Waals surface area contributed by atoms with Crippen LogP contribution in [0.2, 0.25) is 0 Å². The number of terminal acetylenes is 1. The minimum Gasteiger partial charge on any atom is -0.388 e. The first-order valence-corrected chi connectivity index (χ1v) is 4.99. The summed E-state index contributed by atoms with van der Waals surface area (Å²) in [5.41, 5.74) is -0.667. The zero-order valence-corrected chi connectivity index (χ0v) is 9.51. The first kappa shape index (κ1) is 13.4. The van der Waals surface area contributed by atoms with Gasteiger partial charge in [-0.05, 0) is 34.0 Å². The molecule has 0 aliphatic heterocycles. The third kappa shape index (κ3) is 8.06. The largest absolute Gasteiger partial charge is 0.388 e. The van der Waals surface area contributed by atoms with E-state index in [9.17, 15) is 5.11 Å². The molecule has 1 unspecified atom stereocenters. The van der Waals surface area contributed by atoms with E-state index in [-0.39, 0.29) is 0 Å². The van der Waals surface area contributed by atoms with E-state index in [0.717, 1.165) is 19.4 Å². The normalized spacial score (nSPS) is 15.1. The van der Waals surface area contributed by atoms with Gasteiger partial charge in [0.25, 0.3) is 0 Å². The lowest BCUT2D eigenvalue weighted by Gasteiger charge is -2.27. The van der Waals surface area contributed by atoms with Crippen LogP contribution in [0.3, 0.4) is 0 Å². The Bertz CT molecular complexity index is 182. The van der Waals surface area contributed by atoms with E-state index in [1.165, 1.54) is 0 Å². The molecule has 0 aliphatic carbocycles. The van der Waals surface area contributed by atoms with Gasteiger partial charge < -0.3 is 15.3 Å². The molecule has 0 radical (unpaired) electrons. The number of hydrogen-bond donors (Lipinski definition) is 2. The molecular weight excluding hydrogens is 176 g/mol. The fourth-order valence-corrected chi connectivity index (χ4v) is 1.41. The topological polar surface area (TPSA) is 35.5 Å². The highest BCUT2D eigenvalue weighted by Gasteiger charge is 2.20. The maximum atomic E-state index is 9.90. The second kappa shape index (κ2) is 6.83. The maximum absolute atomic E-state index is 9.90. The summed E-state index contributed by atoms with van der Waals surface area (Å²) in [5.74, 6) is 2.59. The molecule has 1 atom stereocenters. The summed E-state index contributed by atoms with van der Waals surface area (Å²) < 4.78 is 0. The zero-order valence-electron chi connectivity index (χ0n) is 9.51. The number of nitrogens with one attached hydrogen (secondary N) is 1. The molecule has 0 saturated carbocycles. The molecule has 0 aromatic carbocycles. The summed E-state index contributed by atoms with van der Waals surface area (Å²) in [6, 6.07) is 0. The molecule has 0 aromatic rings. The van der Waals surface area contributed by atoms with Crippen molar-refractivity contribution < 1.29 is 5.11 Å². The van der Waals surface area contributed by atoms with Crippen molar-refractivity contribution in [1.29, 1.82) is 0 Å². The monoisotopic (exact) mass is 198 g/mol. The molecular formula is C11H22N2O. The van der Waals surface area contributed by atoms with Crippen LogP contribution in [0.4, 0.5) is 0 Å². The summed E-state index contributed by atoms with van der Waals surface area (Å²) >= 11 is 0. The smallest absolute Gasteiger partial charge is 0.0869 e.